The lowest BCUT2D eigenvalue weighted by Gasteiger charge is -2.38. The number of carbonyl (C=O) groups is 1. The van der Waals surface area contributed by atoms with Crippen LogP contribution in [0.1, 0.15) is 12.0 Å². The first kappa shape index (κ1) is 17.5. The maximum Gasteiger partial charge on any atom is 0.256 e. The standard InChI is InChI=1S/C18H21F2N3O2/c19-18(20)7-10-22(17(24)12-23-9-4-8-21-23)11-16(18)14-25-13-15-5-2-1-3-6-15/h1-6,8-9,16H,7,10-14H2. The predicted molar refractivity (Wildman–Crippen MR) is 88.0 cm³/mol. The Morgan fingerprint density at radius 3 is 2.80 bits per heavy atom. The Bertz CT molecular complexity index is 677. The molecular weight excluding hydrogens is 328 g/mol. The molecule has 2 heterocycles. The van der Waals surface area contributed by atoms with E-state index in [-0.39, 0.29) is 45.2 Å². The van der Waals surface area contributed by atoms with Crippen molar-refractivity contribution in [2.24, 2.45) is 5.92 Å². The number of amides is 1. The number of halogens is 2. The Morgan fingerprint density at radius 2 is 2.08 bits per heavy atom. The largest absolute Gasteiger partial charge is 0.376 e. The summed E-state index contributed by atoms with van der Waals surface area (Å²) in [5, 5.41) is 3.98. The van der Waals surface area contributed by atoms with E-state index in [9.17, 15) is 13.6 Å². The molecule has 7 heteroatoms. The highest BCUT2D eigenvalue weighted by Gasteiger charge is 2.45. The van der Waals surface area contributed by atoms with Crippen LogP contribution in [-0.2, 0) is 22.7 Å². The number of likely N-dealkylation sites (tertiary alicyclic amines) is 1. The van der Waals surface area contributed by atoms with Gasteiger partial charge in [-0.05, 0) is 11.6 Å². The normalized spacial score (nSPS) is 19.8. The molecule has 1 aromatic heterocycles. The maximum atomic E-state index is 14.2. The minimum Gasteiger partial charge on any atom is -0.376 e. The van der Waals surface area contributed by atoms with Gasteiger partial charge in [-0.2, -0.15) is 5.10 Å². The van der Waals surface area contributed by atoms with Crippen molar-refractivity contribution in [2.75, 3.05) is 19.7 Å². The van der Waals surface area contributed by atoms with Crippen LogP contribution in [0, 0.1) is 5.92 Å². The molecule has 1 saturated heterocycles. The third kappa shape index (κ3) is 4.63. The molecule has 1 atom stereocenters. The summed E-state index contributed by atoms with van der Waals surface area (Å²) in [5.41, 5.74) is 0.938. The van der Waals surface area contributed by atoms with Gasteiger partial charge in [-0.15, -0.1) is 0 Å². The number of carbonyl (C=O) groups excluding carboxylic acids is 1. The number of ether oxygens (including phenoxy) is 1. The summed E-state index contributed by atoms with van der Waals surface area (Å²) in [6, 6.07) is 11.1. The van der Waals surface area contributed by atoms with Crippen LogP contribution in [-0.4, -0.2) is 46.2 Å². The molecule has 25 heavy (non-hydrogen) atoms. The van der Waals surface area contributed by atoms with E-state index in [4.69, 9.17) is 4.74 Å². The average molecular weight is 349 g/mol. The zero-order valence-corrected chi connectivity index (χ0v) is 13.9. The van der Waals surface area contributed by atoms with Gasteiger partial charge in [-0.3, -0.25) is 9.48 Å². The van der Waals surface area contributed by atoms with Crippen LogP contribution in [0.5, 0.6) is 0 Å². The lowest BCUT2D eigenvalue weighted by molar-refractivity contribution is -0.153. The first-order valence-corrected chi connectivity index (χ1v) is 8.29. The van der Waals surface area contributed by atoms with Crippen molar-refractivity contribution in [1.29, 1.82) is 0 Å². The summed E-state index contributed by atoms with van der Waals surface area (Å²) in [4.78, 5) is 13.8. The lowest BCUT2D eigenvalue weighted by Crippen LogP contribution is -2.51. The summed E-state index contributed by atoms with van der Waals surface area (Å²) in [6.45, 7) is 0.336. The molecule has 3 rings (SSSR count). The van der Waals surface area contributed by atoms with Gasteiger partial charge < -0.3 is 9.64 Å². The van der Waals surface area contributed by atoms with Crippen LogP contribution in [0.2, 0.25) is 0 Å². The van der Waals surface area contributed by atoms with Crippen molar-refractivity contribution in [1.82, 2.24) is 14.7 Å². The topological polar surface area (TPSA) is 47.4 Å². The van der Waals surface area contributed by atoms with Crippen LogP contribution >= 0.6 is 0 Å². The molecule has 0 aliphatic carbocycles. The minimum absolute atomic E-state index is 0.00188. The highest BCUT2D eigenvalue weighted by atomic mass is 19.3. The Balaban J connectivity index is 1.54. The second-order valence-corrected chi connectivity index (χ2v) is 6.25. The number of hydrogen-bond donors (Lipinski definition) is 0. The van der Waals surface area contributed by atoms with Gasteiger partial charge in [0.05, 0.1) is 19.1 Å². The van der Waals surface area contributed by atoms with E-state index in [1.165, 1.54) is 9.58 Å². The Morgan fingerprint density at radius 1 is 1.28 bits per heavy atom. The molecule has 0 spiro atoms. The van der Waals surface area contributed by atoms with E-state index in [0.717, 1.165) is 5.56 Å². The van der Waals surface area contributed by atoms with Crippen LogP contribution in [0.3, 0.4) is 0 Å². The summed E-state index contributed by atoms with van der Waals surface area (Å²) in [6.07, 6.45) is 2.92. The highest BCUT2D eigenvalue weighted by Crippen LogP contribution is 2.34. The number of benzene rings is 1. The molecule has 5 nitrogen and oxygen atoms in total. The van der Waals surface area contributed by atoms with Crippen LogP contribution in [0.15, 0.2) is 48.8 Å². The first-order valence-electron chi connectivity index (χ1n) is 8.29. The van der Waals surface area contributed by atoms with Gasteiger partial charge in [0.2, 0.25) is 5.91 Å². The molecule has 1 fully saturated rings. The van der Waals surface area contributed by atoms with Gasteiger partial charge in [0.25, 0.3) is 5.92 Å². The van der Waals surface area contributed by atoms with Gasteiger partial charge in [-0.25, -0.2) is 8.78 Å². The quantitative estimate of drug-likeness (QED) is 0.805. The molecule has 1 aliphatic rings. The molecule has 0 bridgehead atoms. The van der Waals surface area contributed by atoms with Crippen molar-refractivity contribution in [3.8, 4) is 0 Å². The summed E-state index contributed by atoms with van der Waals surface area (Å²) >= 11 is 0. The first-order chi connectivity index (χ1) is 12.0. The third-order valence-corrected chi connectivity index (χ3v) is 4.39. The number of aromatic nitrogens is 2. The lowest BCUT2D eigenvalue weighted by atomic mass is 9.94. The van der Waals surface area contributed by atoms with Crippen LogP contribution in [0.4, 0.5) is 8.78 Å². The van der Waals surface area contributed by atoms with E-state index in [2.05, 4.69) is 5.10 Å². The number of rotatable bonds is 6. The predicted octanol–water partition coefficient (Wildman–Crippen LogP) is 2.58. The summed E-state index contributed by atoms with van der Waals surface area (Å²) in [5.74, 6) is -4.02. The number of alkyl halides is 2. The zero-order chi connectivity index (χ0) is 17.7. The molecule has 1 aliphatic heterocycles. The van der Waals surface area contributed by atoms with E-state index in [1.54, 1.807) is 18.5 Å². The smallest absolute Gasteiger partial charge is 0.256 e. The van der Waals surface area contributed by atoms with Crippen molar-refractivity contribution in [3.05, 3.63) is 54.4 Å². The van der Waals surface area contributed by atoms with E-state index in [0.29, 0.717) is 0 Å². The van der Waals surface area contributed by atoms with Gasteiger partial charge in [0, 0.05) is 31.9 Å². The zero-order valence-electron chi connectivity index (χ0n) is 13.9. The van der Waals surface area contributed by atoms with Gasteiger partial charge in [0.15, 0.2) is 0 Å². The molecular formula is C18H21F2N3O2. The second kappa shape index (κ2) is 7.74. The number of nitrogens with zero attached hydrogens (tertiary/aromatic N) is 3. The average Bonchev–Trinajstić information content (AvgIpc) is 3.10. The van der Waals surface area contributed by atoms with Crippen molar-refractivity contribution in [2.45, 2.75) is 25.5 Å². The van der Waals surface area contributed by atoms with E-state index in [1.807, 2.05) is 30.3 Å². The summed E-state index contributed by atoms with van der Waals surface area (Å²) < 4.78 is 35.3. The second-order valence-electron chi connectivity index (χ2n) is 6.25. The van der Waals surface area contributed by atoms with Gasteiger partial charge in [0.1, 0.15) is 6.54 Å². The van der Waals surface area contributed by atoms with Crippen molar-refractivity contribution >= 4 is 5.91 Å². The maximum absolute atomic E-state index is 14.2. The number of hydrogen-bond acceptors (Lipinski definition) is 3. The molecule has 1 amide bonds. The molecule has 0 saturated carbocycles. The molecule has 134 valence electrons. The Labute approximate surface area is 145 Å². The van der Waals surface area contributed by atoms with Crippen molar-refractivity contribution in [3.63, 3.8) is 0 Å². The molecule has 1 aromatic carbocycles. The monoisotopic (exact) mass is 349 g/mol. The fraction of sp³-hybridized carbons (Fsp3) is 0.444. The Hall–Kier alpha value is -2.28. The van der Waals surface area contributed by atoms with E-state index >= 15 is 0 Å². The van der Waals surface area contributed by atoms with Crippen LogP contribution < -0.4 is 0 Å². The third-order valence-electron chi connectivity index (χ3n) is 4.39. The molecule has 2 aromatic rings. The van der Waals surface area contributed by atoms with Gasteiger partial charge in [-0.1, -0.05) is 30.3 Å². The Kier molecular flexibility index (Phi) is 5.43. The fourth-order valence-corrected chi connectivity index (χ4v) is 2.91. The molecule has 0 N–H and O–H groups in total. The minimum atomic E-state index is -2.82. The van der Waals surface area contributed by atoms with Crippen LogP contribution in [0.25, 0.3) is 0 Å². The molecule has 1 unspecified atom stereocenters. The summed E-state index contributed by atoms with van der Waals surface area (Å²) in [7, 11) is 0. The van der Waals surface area contributed by atoms with Crippen molar-refractivity contribution < 1.29 is 18.3 Å². The van der Waals surface area contributed by atoms with E-state index < -0.39 is 11.8 Å². The highest BCUT2D eigenvalue weighted by molar-refractivity contribution is 5.76. The molecule has 0 radical (unpaired) electrons. The fourth-order valence-electron chi connectivity index (χ4n) is 2.91. The SMILES string of the molecule is O=C(Cn1cccn1)N1CCC(F)(F)C(COCc2ccccc2)C1. The number of piperidine rings is 1. The van der Waals surface area contributed by atoms with Gasteiger partial charge >= 0.3 is 0 Å².